The summed E-state index contributed by atoms with van der Waals surface area (Å²) < 4.78 is 0. The van der Waals surface area contributed by atoms with Gasteiger partial charge in [-0.1, -0.05) is 6.07 Å². The lowest BCUT2D eigenvalue weighted by atomic mass is 10.1. The topological polar surface area (TPSA) is 52.7 Å². The number of carbonyl (C=O) groups excluding carboxylic acids is 2. The first-order chi connectivity index (χ1) is 9.63. The molecule has 1 aliphatic heterocycles. The van der Waals surface area contributed by atoms with Crippen molar-refractivity contribution in [1.82, 2.24) is 15.1 Å². The fourth-order valence-electron chi connectivity index (χ4n) is 2.20. The number of hydrogen-bond acceptors (Lipinski definition) is 3. The Labute approximate surface area is 131 Å². The summed E-state index contributed by atoms with van der Waals surface area (Å²) in [5, 5.41) is 3.22. The van der Waals surface area contributed by atoms with Crippen molar-refractivity contribution in [1.29, 1.82) is 0 Å². The van der Waals surface area contributed by atoms with E-state index in [1.54, 1.807) is 36.2 Å². The lowest BCUT2D eigenvalue weighted by molar-refractivity contribution is 0.0736. The van der Waals surface area contributed by atoms with Gasteiger partial charge in [0, 0.05) is 50.9 Å². The molecule has 1 N–H and O–H groups in total. The van der Waals surface area contributed by atoms with Gasteiger partial charge in [-0.2, -0.15) is 0 Å². The van der Waals surface area contributed by atoms with Crippen molar-refractivity contribution in [2.24, 2.45) is 0 Å². The van der Waals surface area contributed by atoms with Crippen molar-refractivity contribution in [2.75, 3.05) is 39.8 Å². The summed E-state index contributed by atoms with van der Waals surface area (Å²) in [6.45, 7) is 5.64. The van der Waals surface area contributed by atoms with Gasteiger partial charge in [0.2, 0.25) is 0 Å². The molecule has 0 saturated carbocycles. The zero-order valence-electron chi connectivity index (χ0n) is 12.5. The largest absolute Gasteiger partial charge is 0.342 e. The molecule has 0 aromatic heterocycles. The number of benzene rings is 1. The van der Waals surface area contributed by atoms with Crippen LogP contribution in [0.4, 0.5) is 0 Å². The highest BCUT2D eigenvalue weighted by atomic mass is 35.5. The number of nitrogens with one attached hydrogen (secondary N) is 1. The number of halogens is 1. The average Bonchev–Trinajstić information content (AvgIpc) is 2.53. The molecule has 2 rings (SSSR count). The van der Waals surface area contributed by atoms with Gasteiger partial charge in [0.05, 0.1) is 0 Å². The maximum atomic E-state index is 12.4. The summed E-state index contributed by atoms with van der Waals surface area (Å²) in [5.74, 6) is -0.0530. The highest BCUT2D eigenvalue weighted by Crippen LogP contribution is 2.11. The van der Waals surface area contributed by atoms with Gasteiger partial charge in [-0.25, -0.2) is 0 Å². The van der Waals surface area contributed by atoms with E-state index < -0.39 is 0 Å². The van der Waals surface area contributed by atoms with E-state index in [9.17, 15) is 9.59 Å². The Balaban J connectivity index is 0.00000220. The third-order valence-electron chi connectivity index (χ3n) is 3.58. The molecule has 1 aliphatic rings. The fourth-order valence-corrected chi connectivity index (χ4v) is 2.20. The first-order valence-electron chi connectivity index (χ1n) is 6.99. The second kappa shape index (κ2) is 8.00. The van der Waals surface area contributed by atoms with Crippen molar-refractivity contribution in [3.8, 4) is 0 Å². The van der Waals surface area contributed by atoms with Crippen molar-refractivity contribution < 1.29 is 9.59 Å². The number of carbonyl (C=O) groups is 2. The third-order valence-corrected chi connectivity index (χ3v) is 3.58. The van der Waals surface area contributed by atoms with Crippen LogP contribution in [0.1, 0.15) is 27.6 Å². The Hall–Kier alpha value is -1.59. The van der Waals surface area contributed by atoms with E-state index in [1.165, 1.54) is 0 Å². The van der Waals surface area contributed by atoms with Crippen LogP contribution in [0.3, 0.4) is 0 Å². The van der Waals surface area contributed by atoms with Crippen LogP contribution in [0.2, 0.25) is 0 Å². The smallest absolute Gasteiger partial charge is 0.253 e. The van der Waals surface area contributed by atoms with Crippen LogP contribution in [0.25, 0.3) is 0 Å². The Morgan fingerprint density at radius 1 is 1.24 bits per heavy atom. The van der Waals surface area contributed by atoms with E-state index in [-0.39, 0.29) is 24.2 Å². The fraction of sp³-hybridized carbons (Fsp3) is 0.467. The SMILES string of the molecule is CCN(C)C(=O)c1cccc(C(=O)N2CCNCC2)c1.Cl. The van der Waals surface area contributed by atoms with Crippen LogP contribution in [0.5, 0.6) is 0 Å². The van der Waals surface area contributed by atoms with Gasteiger partial charge in [0.25, 0.3) is 11.8 Å². The highest BCUT2D eigenvalue weighted by molar-refractivity contribution is 5.99. The monoisotopic (exact) mass is 311 g/mol. The van der Waals surface area contributed by atoms with Gasteiger partial charge in [-0.3, -0.25) is 9.59 Å². The number of amides is 2. The normalized spacial score (nSPS) is 14.3. The number of rotatable bonds is 3. The molecular formula is C15H22ClN3O2. The van der Waals surface area contributed by atoms with E-state index in [0.29, 0.717) is 30.8 Å². The van der Waals surface area contributed by atoms with Crippen molar-refractivity contribution in [2.45, 2.75) is 6.92 Å². The first kappa shape index (κ1) is 17.5. The van der Waals surface area contributed by atoms with E-state index in [2.05, 4.69) is 5.32 Å². The maximum Gasteiger partial charge on any atom is 0.253 e. The van der Waals surface area contributed by atoms with E-state index >= 15 is 0 Å². The Morgan fingerprint density at radius 3 is 2.48 bits per heavy atom. The Bertz CT molecular complexity index is 501. The van der Waals surface area contributed by atoms with E-state index in [1.807, 2.05) is 11.8 Å². The second-order valence-electron chi connectivity index (χ2n) is 4.94. The molecule has 0 bridgehead atoms. The molecule has 21 heavy (non-hydrogen) atoms. The zero-order chi connectivity index (χ0) is 14.5. The van der Waals surface area contributed by atoms with Gasteiger partial charge >= 0.3 is 0 Å². The quantitative estimate of drug-likeness (QED) is 0.914. The van der Waals surface area contributed by atoms with Crippen LogP contribution in [0.15, 0.2) is 24.3 Å². The molecule has 1 aromatic carbocycles. The molecule has 0 spiro atoms. The summed E-state index contributed by atoms with van der Waals surface area (Å²) in [5.41, 5.74) is 1.15. The van der Waals surface area contributed by atoms with Gasteiger partial charge < -0.3 is 15.1 Å². The maximum absolute atomic E-state index is 12.4. The summed E-state index contributed by atoms with van der Waals surface area (Å²) in [6, 6.07) is 6.99. The minimum Gasteiger partial charge on any atom is -0.342 e. The number of piperazine rings is 1. The molecular weight excluding hydrogens is 290 g/mol. The van der Waals surface area contributed by atoms with Gasteiger partial charge in [0.1, 0.15) is 0 Å². The Morgan fingerprint density at radius 2 is 1.86 bits per heavy atom. The molecule has 2 amide bonds. The number of nitrogens with zero attached hydrogens (tertiary/aromatic N) is 2. The molecule has 1 fully saturated rings. The van der Waals surface area contributed by atoms with Crippen LogP contribution < -0.4 is 5.32 Å². The molecule has 0 atom stereocenters. The molecule has 6 heteroatoms. The molecule has 0 aliphatic carbocycles. The van der Waals surface area contributed by atoms with Gasteiger partial charge in [-0.05, 0) is 25.1 Å². The summed E-state index contributed by atoms with van der Waals surface area (Å²) >= 11 is 0. The summed E-state index contributed by atoms with van der Waals surface area (Å²) in [4.78, 5) is 28.0. The van der Waals surface area contributed by atoms with Crippen LogP contribution in [-0.2, 0) is 0 Å². The van der Waals surface area contributed by atoms with Crippen LogP contribution in [-0.4, -0.2) is 61.4 Å². The summed E-state index contributed by atoms with van der Waals surface area (Å²) in [7, 11) is 1.76. The van der Waals surface area contributed by atoms with Gasteiger partial charge in [0.15, 0.2) is 0 Å². The minimum absolute atomic E-state index is 0. The van der Waals surface area contributed by atoms with Crippen molar-refractivity contribution in [3.05, 3.63) is 35.4 Å². The molecule has 0 unspecified atom stereocenters. The predicted octanol–water partition coefficient (Wildman–Crippen LogP) is 1.25. The van der Waals surface area contributed by atoms with Gasteiger partial charge in [-0.15, -0.1) is 12.4 Å². The molecule has 0 radical (unpaired) electrons. The highest BCUT2D eigenvalue weighted by Gasteiger charge is 2.19. The first-order valence-corrected chi connectivity index (χ1v) is 6.99. The van der Waals surface area contributed by atoms with E-state index in [0.717, 1.165) is 13.1 Å². The minimum atomic E-state index is -0.0533. The zero-order valence-corrected chi connectivity index (χ0v) is 13.3. The molecule has 1 heterocycles. The lowest BCUT2D eigenvalue weighted by Crippen LogP contribution is -2.46. The molecule has 116 valence electrons. The summed E-state index contributed by atoms with van der Waals surface area (Å²) in [6.07, 6.45) is 0. The third kappa shape index (κ3) is 4.19. The molecule has 5 nitrogen and oxygen atoms in total. The average molecular weight is 312 g/mol. The van der Waals surface area contributed by atoms with Crippen molar-refractivity contribution >= 4 is 24.2 Å². The standard InChI is InChI=1S/C15H21N3O2.ClH/c1-3-17(2)14(19)12-5-4-6-13(11-12)15(20)18-9-7-16-8-10-18;/h4-6,11,16H,3,7-10H2,1-2H3;1H. The number of hydrogen-bond donors (Lipinski definition) is 1. The Kier molecular flexibility index (Phi) is 6.65. The second-order valence-corrected chi connectivity index (χ2v) is 4.94. The lowest BCUT2D eigenvalue weighted by Gasteiger charge is -2.27. The predicted molar refractivity (Wildman–Crippen MR) is 85.1 cm³/mol. The van der Waals surface area contributed by atoms with Crippen LogP contribution >= 0.6 is 12.4 Å². The van der Waals surface area contributed by atoms with E-state index in [4.69, 9.17) is 0 Å². The molecule has 1 aromatic rings. The van der Waals surface area contributed by atoms with Crippen LogP contribution in [0, 0.1) is 0 Å². The molecule has 1 saturated heterocycles. The van der Waals surface area contributed by atoms with Crippen molar-refractivity contribution in [3.63, 3.8) is 0 Å².